The fraction of sp³-hybridized carbons (Fsp3) is 0.400. The van der Waals surface area contributed by atoms with Gasteiger partial charge in [-0.3, -0.25) is 4.79 Å². The van der Waals surface area contributed by atoms with E-state index in [0.29, 0.717) is 13.0 Å². The topological polar surface area (TPSA) is 59.5 Å². The average molecular weight is 290 g/mol. The van der Waals surface area contributed by atoms with Crippen molar-refractivity contribution < 1.29 is 9.21 Å². The van der Waals surface area contributed by atoms with Crippen LogP contribution < -0.4 is 5.73 Å². The van der Waals surface area contributed by atoms with Gasteiger partial charge in [0.15, 0.2) is 0 Å². The number of nitrogens with two attached hydrogens (primary N) is 1. The Morgan fingerprint density at radius 2 is 2.40 bits per heavy atom. The summed E-state index contributed by atoms with van der Waals surface area (Å²) in [6.07, 6.45) is 4.13. The number of carbonyl (C=O) groups excluding carboxylic acids is 1. The maximum absolute atomic E-state index is 12.5. The van der Waals surface area contributed by atoms with E-state index in [9.17, 15) is 4.79 Å². The van der Waals surface area contributed by atoms with E-state index in [-0.39, 0.29) is 5.91 Å². The maximum atomic E-state index is 12.5. The molecule has 0 fully saturated rings. The third kappa shape index (κ3) is 2.78. The molecule has 20 heavy (non-hydrogen) atoms. The summed E-state index contributed by atoms with van der Waals surface area (Å²) in [6.45, 7) is 1.36. The van der Waals surface area contributed by atoms with Crippen LogP contribution in [-0.2, 0) is 24.2 Å². The number of furan rings is 1. The number of fused-ring (bicyclic) bond motifs is 1. The van der Waals surface area contributed by atoms with Gasteiger partial charge in [-0.1, -0.05) is 0 Å². The second-order valence-electron chi connectivity index (χ2n) is 5.17. The largest absolute Gasteiger partial charge is 0.469 e. The molecule has 0 radical (unpaired) electrons. The van der Waals surface area contributed by atoms with E-state index in [2.05, 4.69) is 0 Å². The van der Waals surface area contributed by atoms with Crippen LogP contribution in [0.4, 0.5) is 0 Å². The van der Waals surface area contributed by atoms with Crippen molar-refractivity contribution in [2.75, 3.05) is 6.54 Å². The number of amides is 1. The van der Waals surface area contributed by atoms with Crippen LogP contribution in [0.3, 0.4) is 0 Å². The first kappa shape index (κ1) is 13.4. The fourth-order valence-corrected chi connectivity index (χ4v) is 3.30. The Morgan fingerprint density at radius 3 is 3.20 bits per heavy atom. The van der Waals surface area contributed by atoms with Gasteiger partial charge in [0.25, 0.3) is 0 Å². The Hall–Kier alpha value is -1.59. The number of carbonyl (C=O) groups is 1. The molecule has 2 N–H and O–H groups in total. The van der Waals surface area contributed by atoms with E-state index in [0.717, 1.165) is 36.3 Å². The van der Waals surface area contributed by atoms with Gasteiger partial charge in [-0.25, -0.2) is 0 Å². The molecule has 0 saturated carbocycles. The molecule has 2 aromatic heterocycles. The highest BCUT2D eigenvalue weighted by Crippen LogP contribution is 2.20. The minimum Gasteiger partial charge on any atom is -0.469 e. The summed E-state index contributed by atoms with van der Waals surface area (Å²) in [5, 5.41) is 4.06. The van der Waals surface area contributed by atoms with E-state index < -0.39 is 6.04 Å². The van der Waals surface area contributed by atoms with Crippen LogP contribution in [0.25, 0.3) is 0 Å². The third-order valence-corrected chi connectivity index (χ3v) is 4.43. The average Bonchev–Trinajstić information content (AvgIpc) is 3.06. The molecular formula is C15H18N2O2S. The van der Waals surface area contributed by atoms with Crippen molar-refractivity contribution in [2.24, 2.45) is 5.73 Å². The monoisotopic (exact) mass is 290 g/mol. The van der Waals surface area contributed by atoms with Gasteiger partial charge in [0.2, 0.25) is 5.91 Å². The second kappa shape index (κ2) is 5.81. The zero-order valence-corrected chi connectivity index (χ0v) is 12.1. The first-order valence-corrected chi connectivity index (χ1v) is 7.79. The van der Waals surface area contributed by atoms with Crippen molar-refractivity contribution in [3.63, 3.8) is 0 Å². The molecule has 1 unspecified atom stereocenters. The number of hydrogen-bond acceptors (Lipinski definition) is 4. The predicted molar refractivity (Wildman–Crippen MR) is 78.4 cm³/mol. The number of thiophene rings is 1. The lowest BCUT2D eigenvalue weighted by atomic mass is 10.1. The summed E-state index contributed by atoms with van der Waals surface area (Å²) in [4.78, 5) is 14.3. The molecule has 0 aromatic carbocycles. The second-order valence-corrected chi connectivity index (χ2v) is 5.95. The lowest BCUT2D eigenvalue weighted by molar-refractivity contribution is -0.133. The van der Waals surface area contributed by atoms with Gasteiger partial charge >= 0.3 is 0 Å². The van der Waals surface area contributed by atoms with Crippen molar-refractivity contribution in [1.29, 1.82) is 0 Å². The van der Waals surface area contributed by atoms with Gasteiger partial charge in [0, 0.05) is 25.1 Å². The molecule has 1 amide bonds. The summed E-state index contributed by atoms with van der Waals surface area (Å²) in [5.74, 6) is 1.04. The maximum Gasteiger partial charge on any atom is 0.240 e. The Bertz CT molecular complexity index is 576. The van der Waals surface area contributed by atoms with E-state index in [1.54, 1.807) is 17.6 Å². The van der Waals surface area contributed by atoms with E-state index >= 15 is 0 Å². The first-order chi connectivity index (χ1) is 9.74. The summed E-state index contributed by atoms with van der Waals surface area (Å²) in [5.41, 5.74) is 8.32. The number of hydrogen-bond donors (Lipinski definition) is 1. The molecule has 1 aliphatic heterocycles. The zero-order chi connectivity index (χ0) is 13.9. The van der Waals surface area contributed by atoms with Crippen LogP contribution in [-0.4, -0.2) is 23.4 Å². The lowest BCUT2D eigenvalue weighted by Gasteiger charge is -2.23. The van der Waals surface area contributed by atoms with Crippen LogP contribution in [0.2, 0.25) is 0 Å². The highest BCUT2D eigenvalue weighted by atomic mass is 32.1. The van der Waals surface area contributed by atoms with Gasteiger partial charge in [-0.2, -0.15) is 11.3 Å². The molecule has 1 atom stereocenters. The fourth-order valence-electron chi connectivity index (χ4n) is 2.62. The molecule has 0 aliphatic carbocycles. The summed E-state index contributed by atoms with van der Waals surface area (Å²) >= 11 is 1.63. The van der Waals surface area contributed by atoms with Gasteiger partial charge in [0.05, 0.1) is 12.3 Å². The molecule has 106 valence electrons. The molecule has 0 spiro atoms. The molecule has 3 heterocycles. The molecule has 0 saturated heterocycles. The van der Waals surface area contributed by atoms with Crippen molar-refractivity contribution in [1.82, 2.24) is 4.90 Å². The van der Waals surface area contributed by atoms with Gasteiger partial charge < -0.3 is 15.1 Å². The summed E-state index contributed by atoms with van der Waals surface area (Å²) < 4.78 is 5.44. The van der Waals surface area contributed by atoms with Crippen molar-refractivity contribution in [2.45, 2.75) is 31.8 Å². The number of nitrogens with zero attached hydrogens (tertiary/aromatic N) is 1. The molecule has 1 aliphatic rings. The van der Waals surface area contributed by atoms with Crippen LogP contribution >= 0.6 is 11.3 Å². The molecule has 4 nitrogen and oxygen atoms in total. The molecular weight excluding hydrogens is 272 g/mol. The third-order valence-electron chi connectivity index (χ3n) is 3.70. The van der Waals surface area contributed by atoms with Crippen molar-refractivity contribution in [3.8, 4) is 0 Å². The molecule has 0 bridgehead atoms. The van der Waals surface area contributed by atoms with E-state index in [1.165, 1.54) is 0 Å². The van der Waals surface area contributed by atoms with Crippen molar-refractivity contribution >= 4 is 17.2 Å². The number of rotatable bonds is 3. The lowest BCUT2D eigenvalue weighted by Crippen LogP contribution is -2.44. The van der Waals surface area contributed by atoms with E-state index in [4.69, 9.17) is 10.2 Å². The van der Waals surface area contributed by atoms with E-state index in [1.807, 2.05) is 27.8 Å². The number of aryl methyl sites for hydroxylation is 1. The minimum atomic E-state index is -0.460. The van der Waals surface area contributed by atoms with Crippen LogP contribution in [0.5, 0.6) is 0 Å². The quantitative estimate of drug-likeness (QED) is 0.942. The van der Waals surface area contributed by atoms with Crippen LogP contribution in [0, 0.1) is 0 Å². The molecule has 5 heteroatoms. The standard InChI is InChI=1S/C15H18N2O2S/c16-13(8-11-4-7-20-10-11)15(18)17-5-1-2-14-12(9-17)3-6-19-14/h3-4,6-7,10,13H,1-2,5,8-9,16H2. The summed E-state index contributed by atoms with van der Waals surface area (Å²) in [7, 11) is 0. The van der Waals surface area contributed by atoms with Crippen LogP contribution in [0.1, 0.15) is 23.3 Å². The Balaban J connectivity index is 1.67. The van der Waals surface area contributed by atoms with Crippen LogP contribution in [0.15, 0.2) is 33.6 Å². The van der Waals surface area contributed by atoms with Crippen molar-refractivity contribution in [3.05, 3.63) is 46.0 Å². The highest BCUT2D eigenvalue weighted by molar-refractivity contribution is 7.07. The minimum absolute atomic E-state index is 0.0326. The predicted octanol–water partition coefficient (Wildman–Crippen LogP) is 2.19. The normalized spacial score (nSPS) is 16.6. The van der Waals surface area contributed by atoms with Gasteiger partial charge in [-0.15, -0.1) is 0 Å². The molecule has 2 aromatic rings. The smallest absolute Gasteiger partial charge is 0.240 e. The Morgan fingerprint density at radius 1 is 1.50 bits per heavy atom. The highest BCUT2D eigenvalue weighted by Gasteiger charge is 2.25. The molecule has 3 rings (SSSR count). The summed E-state index contributed by atoms with van der Waals surface area (Å²) in [6, 6.07) is 3.51. The zero-order valence-electron chi connectivity index (χ0n) is 11.2. The van der Waals surface area contributed by atoms with Gasteiger partial charge in [0.1, 0.15) is 5.76 Å². The SMILES string of the molecule is NC(Cc1ccsc1)C(=O)N1CCCc2occc2C1. The van der Waals surface area contributed by atoms with Gasteiger partial charge in [-0.05, 0) is 41.3 Å². The first-order valence-electron chi connectivity index (χ1n) is 6.85. The Labute approximate surface area is 122 Å². The Kier molecular flexibility index (Phi) is 3.89.